The molecule has 0 aliphatic rings. The smallest absolute Gasteiger partial charge is 0.266 e. The average Bonchev–Trinajstić information content (AvgIpc) is 2.53. The number of rotatable bonds is 5. The van der Waals surface area contributed by atoms with Crippen molar-refractivity contribution < 1.29 is 9.53 Å². The molecule has 0 aliphatic heterocycles. The second-order valence-corrected chi connectivity index (χ2v) is 5.81. The van der Waals surface area contributed by atoms with Gasteiger partial charge in [-0.15, -0.1) is 0 Å². The number of carbonyl (C=O) groups excluding carboxylic acids is 1. The molecule has 0 unspecified atom stereocenters. The first-order chi connectivity index (χ1) is 11.5. The zero-order valence-corrected chi connectivity index (χ0v) is 14.2. The van der Waals surface area contributed by atoms with Gasteiger partial charge in [0.15, 0.2) is 0 Å². The van der Waals surface area contributed by atoms with Crippen molar-refractivity contribution in [2.45, 2.75) is 20.0 Å². The fraction of sp³-hybridized carbons (Fsp3) is 0.158. The number of nitrogens with zero attached hydrogens (tertiary/aromatic N) is 1. The van der Waals surface area contributed by atoms with Crippen LogP contribution in [-0.2, 0) is 4.79 Å². The van der Waals surface area contributed by atoms with Crippen molar-refractivity contribution in [2.75, 3.05) is 5.32 Å². The number of nitrogens with one attached hydrogen (secondary N) is 1. The first-order valence-corrected chi connectivity index (χ1v) is 7.81. The molecule has 0 aliphatic carbocycles. The highest BCUT2D eigenvalue weighted by Gasteiger charge is 2.10. The zero-order valence-electron chi connectivity index (χ0n) is 13.4. The molecule has 2 aromatic carbocycles. The summed E-state index contributed by atoms with van der Waals surface area (Å²) >= 11 is 5.88. The molecule has 0 saturated heterocycles. The van der Waals surface area contributed by atoms with Gasteiger partial charge in [0, 0.05) is 10.7 Å². The molecule has 0 heterocycles. The Morgan fingerprint density at radius 2 is 1.96 bits per heavy atom. The first-order valence-electron chi connectivity index (χ1n) is 7.43. The van der Waals surface area contributed by atoms with Gasteiger partial charge in [-0.1, -0.05) is 29.8 Å². The number of amides is 1. The minimum absolute atomic E-state index is 0.00695. The Bertz CT molecular complexity index is 790. The number of hydrogen-bond donors (Lipinski definition) is 1. The number of halogens is 1. The number of nitriles is 1. The molecule has 1 N–H and O–H groups in total. The van der Waals surface area contributed by atoms with Crippen molar-refractivity contribution in [2.24, 2.45) is 0 Å². The largest absolute Gasteiger partial charge is 0.491 e. The van der Waals surface area contributed by atoms with Crippen molar-refractivity contribution in [1.82, 2.24) is 0 Å². The van der Waals surface area contributed by atoms with E-state index in [1.165, 1.54) is 6.08 Å². The fourth-order valence-electron chi connectivity index (χ4n) is 1.99. The molecular weight excluding hydrogens is 324 g/mol. The van der Waals surface area contributed by atoms with Crippen molar-refractivity contribution in [3.8, 4) is 11.8 Å². The molecule has 0 fully saturated rings. The third-order valence-corrected chi connectivity index (χ3v) is 3.25. The maximum absolute atomic E-state index is 12.2. The lowest BCUT2D eigenvalue weighted by molar-refractivity contribution is -0.112. The lowest BCUT2D eigenvalue weighted by atomic mass is 10.1. The Kier molecular flexibility index (Phi) is 6.00. The van der Waals surface area contributed by atoms with Crippen LogP contribution in [0.4, 0.5) is 5.69 Å². The van der Waals surface area contributed by atoms with Crippen LogP contribution in [0.3, 0.4) is 0 Å². The highest BCUT2D eigenvalue weighted by molar-refractivity contribution is 6.31. The van der Waals surface area contributed by atoms with Gasteiger partial charge in [0.05, 0.1) is 6.10 Å². The van der Waals surface area contributed by atoms with Gasteiger partial charge in [-0.25, -0.2) is 0 Å². The fourth-order valence-corrected chi connectivity index (χ4v) is 2.18. The summed E-state index contributed by atoms with van der Waals surface area (Å²) in [4.78, 5) is 12.2. The lowest BCUT2D eigenvalue weighted by Crippen LogP contribution is -2.13. The normalized spacial score (nSPS) is 11.0. The standard InChI is InChI=1S/C19H17ClN2O2/c1-13(2)24-18-8-6-14(7-9-18)10-15(12-21)19(23)22-17-5-3-4-16(20)11-17/h3-11,13H,1-2H3,(H,22,23)/b15-10+. The van der Waals surface area contributed by atoms with E-state index in [1.807, 2.05) is 19.9 Å². The molecule has 0 radical (unpaired) electrons. The second kappa shape index (κ2) is 8.19. The quantitative estimate of drug-likeness (QED) is 0.635. The van der Waals surface area contributed by atoms with Gasteiger partial charge in [-0.2, -0.15) is 5.26 Å². The molecule has 0 aromatic heterocycles. The Balaban J connectivity index is 2.13. The topological polar surface area (TPSA) is 62.1 Å². The van der Waals surface area contributed by atoms with Crippen molar-refractivity contribution in [3.05, 3.63) is 64.7 Å². The number of ether oxygens (including phenoxy) is 1. The third-order valence-electron chi connectivity index (χ3n) is 3.01. The van der Waals surface area contributed by atoms with Gasteiger partial charge in [0.25, 0.3) is 5.91 Å². The van der Waals surface area contributed by atoms with Crippen LogP contribution >= 0.6 is 11.6 Å². The van der Waals surface area contributed by atoms with Gasteiger partial charge >= 0.3 is 0 Å². The SMILES string of the molecule is CC(C)Oc1ccc(/C=C(\C#N)C(=O)Nc2cccc(Cl)c2)cc1. The summed E-state index contributed by atoms with van der Waals surface area (Å²) in [7, 11) is 0. The summed E-state index contributed by atoms with van der Waals surface area (Å²) in [6, 6.07) is 15.9. The van der Waals surface area contributed by atoms with Crippen LogP contribution in [0, 0.1) is 11.3 Å². The van der Waals surface area contributed by atoms with E-state index in [0.29, 0.717) is 10.7 Å². The van der Waals surface area contributed by atoms with Gasteiger partial charge in [-0.3, -0.25) is 4.79 Å². The van der Waals surface area contributed by atoms with E-state index in [9.17, 15) is 10.1 Å². The minimum atomic E-state index is -0.484. The Labute approximate surface area is 146 Å². The molecule has 122 valence electrons. The van der Waals surface area contributed by atoms with E-state index < -0.39 is 5.91 Å². The maximum atomic E-state index is 12.2. The Morgan fingerprint density at radius 1 is 1.25 bits per heavy atom. The monoisotopic (exact) mass is 340 g/mol. The van der Waals surface area contributed by atoms with Crippen molar-refractivity contribution >= 4 is 29.3 Å². The van der Waals surface area contributed by atoms with Gasteiger partial charge in [0.1, 0.15) is 17.4 Å². The molecule has 1 amide bonds. The molecule has 0 spiro atoms. The van der Waals surface area contributed by atoms with Crippen LogP contribution in [0.15, 0.2) is 54.1 Å². The second-order valence-electron chi connectivity index (χ2n) is 5.37. The Morgan fingerprint density at radius 3 is 2.54 bits per heavy atom. The van der Waals surface area contributed by atoms with E-state index in [-0.39, 0.29) is 11.7 Å². The van der Waals surface area contributed by atoms with Crippen LogP contribution in [0.2, 0.25) is 5.02 Å². The lowest BCUT2D eigenvalue weighted by Gasteiger charge is -2.09. The van der Waals surface area contributed by atoms with E-state index in [4.69, 9.17) is 16.3 Å². The zero-order chi connectivity index (χ0) is 17.5. The predicted molar refractivity (Wildman–Crippen MR) is 95.9 cm³/mol. The van der Waals surface area contributed by atoms with Crippen LogP contribution < -0.4 is 10.1 Å². The highest BCUT2D eigenvalue weighted by atomic mass is 35.5. The van der Waals surface area contributed by atoms with E-state index >= 15 is 0 Å². The molecule has 4 nitrogen and oxygen atoms in total. The van der Waals surface area contributed by atoms with Crippen LogP contribution in [0.5, 0.6) is 5.75 Å². The van der Waals surface area contributed by atoms with E-state index in [0.717, 1.165) is 11.3 Å². The summed E-state index contributed by atoms with van der Waals surface area (Å²) in [5.74, 6) is 0.256. The van der Waals surface area contributed by atoms with Gasteiger partial charge < -0.3 is 10.1 Å². The summed E-state index contributed by atoms with van der Waals surface area (Å²) in [6.07, 6.45) is 1.61. The molecule has 2 aromatic rings. The predicted octanol–water partition coefficient (Wildman–Crippen LogP) is 4.67. The number of anilines is 1. The highest BCUT2D eigenvalue weighted by Crippen LogP contribution is 2.18. The third kappa shape index (κ3) is 5.15. The van der Waals surface area contributed by atoms with E-state index in [2.05, 4.69) is 5.32 Å². The molecular formula is C19H17ClN2O2. The van der Waals surface area contributed by atoms with E-state index in [1.54, 1.807) is 48.5 Å². The van der Waals surface area contributed by atoms with Crippen LogP contribution in [0.25, 0.3) is 6.08 Å². The maximum Gasteiger partial charge on any atom is 0.266 e. The van der Waals surface area contributed by atoms with Gasteiger partial charge in [-0.05, 0) is 55.8 Å². The number of hydrogen-bond acceptors (Lipinski definition) is 3. The summed E-state index contributed by atoms with van der Waals surface area (Å²) < 4.78 is 5.56. The van der Waals surface area contributed by atoms with Crippen molar-refractivity contribution in [3.63, 3.8) is 0 Å². The minimum Gasteiger partial charge on any atom is -0.491 e. The summed E-state index contributed by atoms with van der Waals surface area (Å²) in [5, 5.41) is 12.4. The molecule has 24 heavy (non-hydrogen) atoms. The van der Waals surface area contributed by atoms with Crippen molar-refractivity contribution in [1.29, 1.82) is 5.26 Å². The molecule has 2 rings (SSSR count). The van der Waals surface area contributed by atoms with Crippen LogP contribution in [0.1, 0.15) is 19.4 Å². The Hall–Kier alpha value is -2.77. The number of carbonyl (C=O) groups is 1. The van der Waals surface area contributed by atoms with Crippen LogP contribution in [-0.4, -0.2) is 12.0 Å². The van der Waals surface area contributed by atoms with Gasteiger partial charge in [0.2, 0.25) is 0 Å². The molecule has 5 heteroatoms. The molecule has 0 bridgehead atoms. The molecule has 0 saturated carbocycles. The number of benzene rings is 2. The summed E-state index contributed by atoms with van der Waals surface area (Å²) in [5.41, 5.74) is 1.28. The summed E-state index contributed by atoms with van der Waals surface area (Å²) in [6.45, 7) is 3.89. The molecule has 0 atom stereocenters. The first kappa shape index (κ1) is 17.6. The average molecular weight is 341 g/mol.